The van der Waals surface area contributed by atoms with E-state index in [-0.39, 0.29) is 0 Å². The lowest BCUT2D eigenvalue weighted by molar-refractivity contribution is 1.05. The van der Waals surface area contributed by atoms with E-state index in [2.05, 4.69) is 6.08 Å². The average Bonchev–Trinajstić information content (AvgIpc) is 1.69. The summed E-state index contributed by atoms with van der Waals surface area (Å²) in [4.78, 5) is 0. The van der Waals surface area contributed by atoms with Crippen LogP contribution in [0.1, 0.15) is 19.8 Å². The van der Waals surface area contributed by atoms with Crippen molar-refractivity contribution in [2.75, 3.05) is 0 Å². The summed E-state index contributed by atoms with van der Waals surface area (Å²) in [5.41, 5.74) is 0. The van der Waals surface area contributed by atoms with E-state index in [1.165, 1.54) is 0 Å². The number of allylic oxidation sites excluding steroid dienone is 2. The Morgan fingerprint density at radius 1 is 1.71 bits per heavy atom. The number of nitriles is 1. The Labute approximate surface area is 44.3 Å². The molecule has 0 N–H and O–H groups in total. The van der Waals surface area contributed by atoms with Gasteiger partial charge in [-0.15, -0.1) is 0 Å². The largest absolute Gasteiger partial charge is 0.198 e. The summed E-state index contributed by atoms with van der Waals surface area (Å²) < 4.78 is 0. The van der Waals surface area contributed by atoms with Gasteiger partial charge in [-0.1, -0.05) is 12.2 Å². The highest BCUT2D eigenvalue weighted by atomic mass is 14.2. The summed E-state index contributed by atoms with van der Waals surface area (Å²) in [6.07, 6.45) is 6.14. The molecule has 0 unspecified atom stereocenters. The second kappa shape index (κ2) is 5.23. The van der Waals surface area contributed by atoms with Gasteiger partial charge in [0.25, 0.3) is 0 Å². The molecular formula is C6H8N. The Balaban J connectivity index is 2.87. The third kappa shape index (κ3) is 5.23. The molecule has 1 radical (unpaired) electrons. The maximum absolute atomic E-state index is 8.00. The molecule has 37 valence electrons. The molecule has 0 aliphatic carbocycles. The average molecular weight is 94.1 g/mol. The van der Waals surface area contributed by atoms with E-state index in [4.69, 9.17) is 5.26 Å². The van der Waals surface area contributed by atoms with Crippen molar-refractivity contribution in [1.29, 1.82) is 5.26 Å². The van der Waals surface area contributed by atoms with Crippen LogP contribution in [0.15, 0.2) is 6.08 Å². The standard InChI is InChI=1S/C6H8N/c1-2-3-4-5-6-7/h3H,4-5H2,1H3. The molecule has 1 heteroatoms. The fourth-order valence-electron chi connectivity index (χ4n) is 0.281. The molecule has 0 amide bonds. The highest BCUT2D eigenvalue weighted by Gasteiger charge is 1.71. The van der Waals surface area contributed by atoms with E-state index in [1.807, 2.05) is 19.1 Å². The highest BCUT2D eigenvalue weighted by molar-refractivity contribution is 4.78. The predicted molar refractivity (Wildman–Crippen MR) is 28.3 cm³/mol. The van der Waals surface area contributed by atoms with Crippen LogP contribution in [-0.2, 0) is 0 Å². The van der Waals surface area contributed by atoms with Gasteiger partial charge in [0.1, 0.15) is 0 Å². The molecule has 7 heavy (non-hydrogen) atoms. The monoisotopic (exact) mass is 94.1 g/mol. The van der Waals surface area contributed by atoms with E-state index in [9.17, 15) is 0 Å². The van der Waals surface area contributed by atoms with Crippen molar-refractivity contribution in [3.63, 3.8) is 0 Å². The van der Waals surface area contributed by atoms with Crippen LogP contribution in [0.25, 0.3) is 0 Å². The summed E-state index contributed by atoms with van der Waals surface area (Å²) in [7, 11) is 0. The van der Waals surface area contributed by atoms with Crippen LogP contribution in [-0.4, -0.2) is 0 Å². The molecule has 0 bridgehead atoms. The number of nitrogens with zero attached hydrogens (tertiary/aromatic N) is 1. The molecule has 0 atom stereocenters. The van der Waals surface area contributed by atoms with Gasteiger partial charge in [-0.05, 0) is 13.3 Å². The molecule has 0 heterocycles. The smallest absolute Gasteiger partial charge is 0.0625 e. The van der Waals surface area contributed by atoms with Crippen molar-refractivity contribution in [2.45, 2.75) is 19.8 Å². The van der Waals surface area contributed by atoms with Gasteiger partial charge in [-0.3, -0.25) is 0 Å². The van der Waals surface area contributed by atoms with Crippen LogP contribution < -0.4 is 0 Å². The number of rotatable bonds is 2. The number of unbranched alkanes of at least 4 members (excludes halogenated alkanes) is 1. The molecule has 0 saturated carbocycles. The fraction of sp³-hybridized carbons (Fsp3) is 0.500. The lowest BCUT2D eigenvalue weighted by Crippen LogP contribution is -1.60. The molecule has 0 rings (SSSR count). The summed E-state index contributed by atoms with van der Waals surface area (Å²) in [6.45, 7) is 1.83. The third-order valence-electron chi connectivity index (χ3n) is 0.605. The van der Waals surface area contributed by atoms with Crippen LogP contribution in [0.5, 0.6) is 0 Å². The predicted octanol–water partition coefficient (Wildman–Crippen LogP) is 1.67. The summed E-state index contributed by atoms with van der Waals surface area (Å²) in [5.74, 6) is 0. The fourth-order valence-corrected chi connectivity index (χ4v) is 0.281. The summed E-state index contributed by atoms with van der Waals surface area (Å²) >= 11 is 0. The maximum atomic E-state index is 8.00. The van der Waals surface area contributed by atoms with Crippen LogP contribution in [0.4, 0.5) is 0 Å². The van der Waals surface area contributed by atoms with Gasteiger partial charge in [-0.25, -0.2) is 0 Å². The molecule has 1 nitrogen and oxygen atoms in total. The molecule has 0 fully saturated rings. The van der Waals surface area contributed by atoms with Gasteiger partial charge in [-0.2, -0.15) is 5.26 Å². The Morgan fingerprint density at radius 3 is 2.86 bits per heavy atom. The van der Waals surface area contributed by atoms with Gasteiger partial charge >= 0.3 is 0 Å². The Morgan fingerprint density at radius 2 is 2.43 bits per heavy atom. The molecule has 0 saturated heterocycles. The van der Waals surface area contributed by atoms with Gasteiger partial charge in [0, 0.05) is 6.42 Å². The number of hydrogen-bond donors (Lipinski definition) is 0. The van der Waals surface area contributed by atoms with Gasteiger partial charge in [0.15, 0.2) is 0 Å². The normalized spacial score (nSPS) is 9.14. The first kappa shape index (κ1) is 6.23. The van der Waals surface area contributed by atoms with Gasteiger partial charge in [0.05, 0.1) is 6.07 Å². The van der Waals surface area contributed by atoms with Crippen molar-refractivity contribution >= 4 is 0 Å². The molecule has 0 aliphatic heterocycles. The summed E-state index contributed by atoms with van der Waals surface area (Å²) in [5, 5.41) is 8.00. The van der Waals surface area contributed by atoms with Crippen molar-refractivity contribution < 1.29 is 0 Å². The van der Waals surface area contributed by atoms with Crippen molar-refractivity contribution in [2.24, 2.45) is 0 Å². The molecule has 0 aromatic rings. The van der Waals surface area contributed by atoms with Crippen molar-refractivity contribution in [3.8, 4) is 6.07 Å². The van der Waals surface area contributed by atoms with E-state index in [1.54, 1.807) is 0 Å². The molecule has 0 aromatic heterocycles. The SMILES string of the molecule is C/[C]=C/CCC#N. The van der Waals surface area contributed by atoms with Crippen molar-refractivity contribution in [1.82, 2.24) is 0 Å². The summed E-state index contributed by atoms with van der Waals surface area (Å²) in [6, 6.07) is 2.03. The quantitative estimate of drug-likeness (QED) is 0.477. The number of hydrogen-bond acceptors (Lipinski definition) is 1. The lowest BCUT2D eigenvalue weighted by atomic mass is 10.3. The first-order valence-electron chi connectivity index (χ1n) is 2.27. The Hall–Kier alpha value is -0.770. The zero-order valence-corrected chi connectivity index (χ0v) is 4.44. The second-order valence-electron chi connectivity index (χ2n) is 1.19. The lowest BCUT2D eigenvalue weighted by Gasteiger charge is -1.73. The van der Waals surface area contributed by atoms with E-state index < -0.39 is 0 Å². The van der Waals surface area contributed by atoms with Crippen LogP contribution in [0.3, 0.4) is 0 Å². The van der Waals surface area contributed by atoms with Gasteiger partial charge < -0.3 is 0 Å². The minimum atomic E-state index is 0.612. The van der Waals surface area contributed by atoms with Crippen LogP contribution in [0, 0.1) is 17.4 Å². The minimum Gasteiger partial charge on any atom is -0.198 e. The van der Waals surface area contributed by atoms with Crippen molar-refractivity contribution in [3.05, 3.63) is 12.2 Å². The second-order valence-corrected chi connectivity index (χ2v) is 1.19. The Bertz CT molecular complexity index is 86.8. The topological polar surface area (TPSA) is 23.8 Å². The third-order valence-corrected chi connectivity index (χ3v) is 0.605. The van der Waals surface area contributed by atoms with Crippen LogP contribution in [0.2, 0.25) is 0 Å². The molecule has 0 aromatic carbocycles. The minimum absolute atomic E-state index is 0.612. The van der Waals surface area contributed by atoms with Gasteiger partial charge in [0.2, 0.25) is 0 Å². The molecular weight excluding hydrogens is 86.1 g/mol. The molecule has 0 aliphatic rings. The van der Waals surface area contributed by atoms with Crippen LogP contribution >= 0.6 is 0 Å². The van der Waals surface area contributed by atoms with E-state index >= 15 is 0 Å². The van der Waals surface area contributed by atoms with E-state index in [0.717, 1.165) is 6.42 Å². The maximum Gasteiger partial charge on any atom is 0.0625 e. The highest BCUT2D eigenvalue weighted by Crippen LogP contribution is 1.85. The zero-order chi connectivity index (χ0) is 5.54. The first-order chi connectivity index (χ1) is 3.41. The zero-order valence-electron chi connectivity index (χ0n) is 4.44. The molecule has 0 spiro atoms. The first-order valence-corrected chi connectivity index (χ1v) is 2.27. The van der Waals surface area contributed by atoms with E-state index in [0.29, 0.717) is 6.42 Å². The Kier molecular flexibility index (Phi) is 4.65.